The standard InChI is InChI=1S/C16H8F6O6S2/c17-15(18,19)29(23,24)27-13-3-1-9-5-12-8-14(28-30(25,26)16(20,21)22)4-2-10(12)6-11(9)7-13/h1-8H. The van der Waals surface area contributed by atoms with Crippen molar-refractivity contribution < 1.29 is 51.5 Å². The van der Waals surface area contributed by atoms with E-state index in [-0.39, 0.29) is 10.8 Å². The largest absolute Gasteiger partial charge is 0.534 e. The molecule has 6 nitrogen and oxygen atoms in total. The highest BCUT2D eigenvalue weighted by Gasteiger charge is 2.49. The molecular weight excluding hydrogens is 466 g/mol. The van der Waals surface area contributed by atoms with Crippen LogP contribution >= 0.6 is 0 Å². The van der Waals surface area contributed by atoms with Crippen LogP contribution in [0.15, 0.2) is 48.5 Å². The van der Waals surface area contributed by atoms with Crippen LogP contribution in [0.5, 0.6) is 11.5 Å². The van der Waals surface area contributed by atoms with Crippen LogP contribution in [0.3, 0.4) is 0 Å². The topological polar surface area (TPSA) is 86.7 Å². The van der Waals surface area contributed by atoms with Crippen molar-refractivity contribution in [3.05, 3.63) is 48.5 Å². The van der Waals surface area contributed by atoms with E-state index in [1.807, 2.05) is 0 Å². The summed E-state index contributed by atoms with van der Waals surface area (Å²) >= 11 is 0. The van der Waals surface area contributed by atoms with Crippen molar-refractivity contribution in [1.29, 1.82) is 0 Å². The van der Waals surface area contributed by atoms with Gasteiger partial charge in [-0.25, -0.2) is 0 Å². The van der Waals surface area contributed by atoms with Gasteiger partial charge in [-0.05, 0) is 57.9 Å². The molecule has 162 valence electrons. The monoisotopic (exact) mass is 474 g/mol. The SMILES string of the molecule is O=S(=O)(Oc1ccc2cc3cc(OS(=O)(=O)C(F)(F)F)ccc3cc2c1)C(F)(F)F. The summed E-state index contributed by atoms with van der Waals surface area (Å²) in [4.78, 5) is 0. The quantitative estimate of drug-likeness (QED) is 0.240. The maximum atomic E-state index is 12.4. The Morgan fingerprint density at radius 3 is 1.17 bits per heavy atom. The molecule has 0 aliphatic heterocycles. The van der Waals surface area contributed by atoms with E-state index in [0.717, 1.165) is 24.3 Å². The fourth-order valence-electron chi connectivity index (χ4n) is 2.41. The van der Waals surface area contributed by atoms with Crippen molar-refractivity contribution >= 4 is 41.8 Å². The van der Waals surface area contributed by atoms with E-state index < -0.39 is 42.8 Å². The van der Waals surface area contributed by atoms with Gasteiger partial charge < -0.3 is 8.37 Å². The molecule has 0 amide bonds. The van der Waals surface area contributed by atoms with Crippen LogP contribution in [0.25, 0.3) is 21.5 Å². The van der Waals surface area contributed by atoms with E-state index in [1.54, 1.807) is 0 Å². The highest BCUT2D eigenvalue weighted by Crippen LogP contribution is 2.33. The van der Waals surface area contributed by atoms with Gasteiger partial charge in [-0.3, -0.25) is 0 Å². The Balaban J connectivity index is 1.99. The molecule has 3 aromatic rings. The first-order valence-electron chi connectivity index (χ1n) is 7.58. The minimum absolute atomic E-state index is 0.258. The zero-order valence-electron chi connectivity index (χ0n) is 14.2. The van der Waals surface area contributed by atoms with E-state index in [0.29, 0.717) is 10.8 Å². The van der Waals surface area contributed by atoms with Gasteiger partial charge in [0.2, 0.25) is 0 Å². The summed E-state index contributed by atoms with van der Waals surface area (Å²) in [5.41, 5.74) is -11.2. The normalized spacial score (nSPS) is 13.5. The third kappa shape index (κ3) is 4.23. The van der Waals surface area contributed by atoms with Gasteiger partial charge in [-0.1, -0.05) is 12.1 Å². The molecule has 0 atom stereocenters. The number of rotatable bonds is 4. The van der Waals surface area contributed by atoms with Crippen molar-refractivity contribution in [2.45, 2.75) is 11.0 Å². The van der Waals surface area contributed by atoms with Gasteiger partial charge in [0.15, 0.2) is 0 Å². The summed E-state index contributed by atoms with van der Waals surface area (Å²) < 4.78 is 127. The molecule has 0 aliphatic rings. The fraction of sp³-hybridized carbons (Fsp3) is 0.125. The van der Waals surface area contributed by atoms with Crippen molar-refractivity contribution in [2.75, 3.05) is 0 Å². The van der Waals surface area contributed by atoms with Crippen molar-refractivity contribution in [3.8, 4) is 11.5 Å². The second kappa shape index (κ2) is 6.91. The molecule has 30 heavy (non-hydrogen) atoms. The van der Waals surface area contributed by atoms with Gasteiger partial charge in [0.05, 0.1) is 0 Å². The Morgan fingerprint density at radius 2 is 0.867 bits per heavy atom. The molecule has 0 unspecified atom stereocenters. The molecular formula is C16H8F6O6S2. The summed E-state index contributed by atoms with van der Waals surface area (Å²) in [7, 11) is -11.7. The Bertz CT molecular complexity index is 1240. The highest BCUT2D eigenvalue weighted by molar-refractivity contribution is 7.88. The predicted octanol–water partition coefficient (Wildman–Crippen LogP) is 4.45. The first-order chi connectivity index (χ1) is 13.6. The Morgan fingerprint density at radius 1 is 0.533 bits per heavy atom. The molecule has 0 radical (unpaired) electrons. The van der Waals surface area contributed by atoms with Crippen molar-refractivity contribution in [1.82, 2.24) is 0 Å². The molecule has 0 bridgehead atoms. The van der Waals surface area contributed by atoms with E-state index in [9.17, 15) is 43.2 Å². The van der Waals surface area contributed by atoms with Crippen LogP contribution in [-0.4, -0.2) is 27.9 Å². The fourth-order valence-corrected chi connectivity index (χ4v) is 3.31. The smallest absolute Gasteiger partial charge is 0.376 e. The van der Waals surface area contributed by atoms with Crippen LogP contribution in [0.4, 0.5) is 26.3 Å². The summed E-state index contributed by atoms with van der Waals surface area (Å²) in [6, 6.07) is 9.16. The van der Waals surface area contributed by atoms with Gasteiger partial charge in [-0.2, -0.15) is 43.2 Å². The zero-order chi connectivity index (χ0) is 22.5. The summed E-state index contributed by atoms with van der Waals surface area (Å²) in [6.07, 6.45) is 0. The van der Waals surface area contributed by atoms with E-state index in [4.69, 9.17) is 0 Å². The molecule has 0 heterocycles. The lowest BCUT2D eigenvalue weighted by Crippen LogP contribution is -2.28. The van der Waals surface area contributed by atoms with Crippen LogP contribution < -0.4 is 8.37 Å². The molecule has 0 N–H and O–H groups in total. The summed E-state index contributed by atoms with van der Waals surface area (Å²) in [6.45, 7) is 0. The molecule has 0 fully saturated rings. The zero-order valence-corrected chi connectivity index (χ0v) is 15.8. The van der Waals surface area contributed by atoms with E-state index >= 15 is 0 Å². The van der Waals surface area contributed by atoms with Gasteiger partial charge in [0.25, 0.3) is 0 Å². The van der Waals surface area contributed by atoms with Crippen LogP contribution in [0.2, 0.25) is 0 Å². The average molecular weight is 474 g/mol. The molecule has 0 saturated heterocycles. The molecule has 0 aromatic heterocycles. The second-order valence-electron chi connectivity index (χ2n) is 5.84. The first-order valence-corrected chi connectivity index (χ1v) is 10.4. The molecule has 3 aromatic carbocycles. The maximum absolute atomic E-state index is 12.4. The second-order valence-corrected chi connectivity index (χ2v) is 8.91. The lowest BCUT2D eigenvalue weighted by Gasteiger charge is -2.11. The third-order valence-electron chi connectivity index (χ3n) is 3.72. The molecule has 0 aliphatic carbocycles. The number of halogens is 6. The van der Waals surface area contributed by atoms with Gasteiger partial charge in [0, 0.05) is 0 Å². The number of hydrogen-bond donors (Lipinski definition) is 0. The minimum Gasteiger partial charge on any atom is -0.376 e. The molecule has 14 heteroatoms. The maximum Gasteiger partial charge on any atom is 0.534 e. The number of hydrogen-bond acceptors (Lipinski definition) is 6. The van der Waals surface area contributed by atoms with E-state index in [2.05, 4.69) is 8.37 Å². The molecule has 0 saturated carbocycles. The van der Waals surface area contributed by atoms with Crippen LogP contribution in [0, 0.1) is 0 Å². The Labute approximate surface area is 164 Å². The van der Waals surface area contributed by atoms with Gasteiger partial charge in [0.1, 0.15) is 11.5 Å². The highest BCUT2D eigenvalue weighted by atomic mass is 32.2. The molecule has 0 spiro atoms. The van der Waals surface area contributed by atoms with Crippen LogP contribution in [-0.2, 0) is 20.2 Å². The average Bonchev–Trinajstić information content (AvgIpc) is 2.57. The summed E-state index contributed by atoms with van der Waals surface area (Å²) in [5.74, 6) is -1.20. The third-order valence-corrected chi connectivity index (χ3v) is 5.67. The number of benzene rings is 3. The number of fused-ring (bicyclic) bond motifs is 2. The lowest BCUT2D eigenvalue weighted by atomic mass is 10.0. The molecule has 3 rings (SSSR count). The van der Waals surface area contributed by atoms with Gasteiger partial charge >= 0.3 is 31.3 Å². The van der Waals surface area contributed by atoms with E-state index in [1.165, 1.54) is 24.3 Å². The van der Waals surface area contributed by atoms with Crippen LogP contribution in [0.1, 0.15) is 0 Å². The Kier molecular flexibility index (Phi) is 5.05. The minimum atomic E-state index is -5.86. The summed E-state index contributed by atoms with van der Waals surface area (Å²) in [5, 5.41) is 1.23. The first kappa shape index (κ1) is 22.0. The van der Waals surface area contributed by atoms with Gasteiger partial charge in [-0.15, -0.1) is 0 Å². The Hall–Kier alpha value is -2.74. The number of alkyl halides is 6. The van der Waals surface area contributed by atoms with Crippen molar-refractivity contribution in [3.63, 3.8) is 0 Å². The lowest BCUT2D eigenvalue weighted by molar-refractivity contribution is -0.0504. The van der Waals surface area contributed by atoms with Crippen molar-refractivity contribution in [2.24, 2.45) is 0 Å². The predicted molar refractivity (Wildman–Crippen MR) is 92.7 cm³/mol.